The summed E-state index contributed by atoms with van der Waals surface area (Å²) < 4.78 is 75.2. The molecule has 0 aliphatic rings. The van der Waals surface area contributed by atoms with Gasteiger partial charge >= 0.3 is 0 Å². The van der Waals surface area contributed by atoms with Crippen LogP contribution in [0, 0.1) is 0 Å². The Bertz CT molecular complexity index is 2680. The number of anilines is 3. The molecule has 47 heavy (non-hydrogen) atoms. The number of benzene rings is 8. The average Bonchev–Trinajstić information content (AvgIpc) is 3.23. The lowest BCUT2D eigenvalue weighted by molar-refractivity contribution is 1.28. The molecule has 0 aliphatic heterocycles. The van der Waals surface area contributed by atoms with Gasteiger partial charge in [0.1, 0.15) is 0 Å². The van der Waals surface area contributed by atoms with Crippen molar-refractivity contribution in [1.82, 2.24) is 0 Å². The molecule has 0 radical (unpaired) electrons. The van der Waals surface area contributed by atoms with Crippen LogP contribution in [0.1, 0.15) is 11.0 Å². The first-order chi connectivity index (χ1) is 26.7. The minimum Gasteiger partial charge on any atom is -0.311 e. The highest BCUT2D eigenvalue weighted by Gasteiger charge is 2.16. The van der Waals surface area contributed by atoms with Crippen LogP contribution in [0.15, 0.2) is 200 Å². The van der Waals surface area contributed by atoms with Gasteiger partial charge in [-0.1, -0.05) is 158 Å². The summed E-state index contributed by atoms with van der Waals surface area (Å²) in [6.45, 7) is 0. The fraction of sp³-hybridized carbons (Fsp3) is 0. The van der Waals surface area contributed by atoms with Crippen molar-refractivity contribution in [3.05, 3.63) is 200 Å². The molecule has 0 saturated heterocycles. The van der Waals surface area contributed by atoms with Gasteiger partial charge < -0.3 is 4.90 Å². The summed E-state index contributed by atoms with van der Waals surface area (Å²) in [4.78, 5) is 1.33. The first-order valence-corrected chi connectivity index (χ1v) is 15.5. The maximum absolute atomic E-state index is 9.52. The Hall–Kier alpha value is -6.18. The Balaban J connectivity index is 1.37. The Morgan fingerprint density at radius 1 is 0.340 bits per heavy atom. The van der Waals surface area contributed by atoms with Gasteiger partial charge in [-0.25, -0.2) is 0 Å². The van der Waals surface area contributed by atoms with Crippen LogP contribution in [0.25, 0.3) is 55.3 Å². The fourth-order valence-corrected chi connectivity index (χ4v) is 5.94. The molecule has 0 amide bonds. The summed E-state index contributed by atoms with van der Waals surface area (Å²) >= 11 is 0. The SMILES string of the molecule is [2H]c1c([2H])c(N(c2ccccc2)c2c([2H])c([2H])c(-c3c(-c4ccccc4)ccc4ccccc34)c([2H])c2[2H])c([2H])c([2H])c1-c1cccc(-c2ccccc2)c1. The Morgan fingerprint density at radius 2 is 0.851 bits per heavy atom. The van der Waals surface area contributed by atoms with Crippen molar-refractivity contribution in [3.8, 4) is 44.5 Å². The van der Waals surface area contributed by atoms with Crippen molar-refractivity contribution < 1.29 is 11.0 Å². The second kappa shape index (κ2) is 12.7. The predicted octanol–water partition coefficient (Wildman–Crippen LogP) is 13.0. The molecule has 0 aliphatic carbocycles. The molecule has 0 aromatic heterocycles. The maximum atomic E-state index is 9.52. The highest BCUT2D eigenvalue weighted by atomic mass is 15.1. The lowest BCUT2D eigenvalue weighted by Gasteiger charge is -2.26. The van der Waals surface area contributed by atoms with Gasteiger partial charge in [-0.15, -0.1) is 0 Å². The lowest BCUT2D eigenvalue weighted by atomic mass is 9.89. The van der Waals surface area contributed by atoms with Crippen molar-refractivity contribution in [1.29, 1.82) is 0 Å². The van der Waals surface area contributed by atoms with E-state index >= 15 is 0 Å². The number of fused-ring (bicyclic) bond motifs is 1. The average molecular weight is 608 g/mol. The van der Waals surface area contributed by atoms with Gasteiger partial charge in [0.15, 0.2) is 0 Å². The molecule has 0 heterocycles. The van der Waals surface area contributed by atoms with Crippen molar-refractivity contribution in [2.45, 2.75) is 0 Å². The van der Waals surface area contributed by atoms with E-state index < -0.39 is 0 Å². The second-order valence-corrected chi connectivity index (χ2v) is 11.1. The van der Waals surface area contributed by atoms with Crippen LogP contribution in [0.3, 0.4) is 0 Å². The Kier molecular flexibility index (Phi) is 5.60. The van der Waals surface area contributed by atoms with E-state index in [1.54, 1.807) is 36.4 Å². The molecule has 0 bridgehead atoms. The van der Waals surface area contributed by atoms with E-state index in [2.05, 4.69) is 0 Å². The third-order valence-electron chi connectivity index (χ3n) is 8.21. The van der Waals surface area contributed by atoms with Crippen molar-refractivity contribution in [3.63, 3.8) is 0 Å². The van der Waals surface area contributed by atoms with E-state index in [9.17, 15) is 11.0 Å². The van der Waals surface area contributed by atoms with Crippen LogP contribution in [-0.2, 0) is 0 Å². The number of nitrogens with zero attached hydrogens (tertiary/aromatic N) is 1. The minimum atomic E-state index is -0.386. The molecule has 0 fully saturated rings. The summed E-state index contributed by atoms with van der Waals surface area (Å²) in [7, 11) is 0. The molecule has 8 aromatic carbocycles. The van der Waals surface area contributed by atoms with E-state index in [0.29, 0.717) is 16.8 Å². The molecule has 0 spiro atoms. The molecule has 1 nitrogen and oxygen atoms in total. The molecule has 8 aromatic rings. The summed E-state index contributed by atoms with van der Waals surface area (Å²) in [6.07, 6.45) is 0. The van der Waals surface area contributed by atoms with Gasteiger partial charge in [0.25, 0.3) is 0 Å². The van der Waals surface area contributed by atoms with Crippen LogP contribution in [0.4, 0.5) is 17.1 Å². The maximum Gasteiger partial charge on any atom is 0.0645 e. The van der Waals surface area contributed by atoms with Crippen LogP contribution in [-0.4, -0.2) is 0 Å². The summed E-state index contributed by atoms with van der Waals surface area (Å²) in [5.74, 6) is 0. The highest BCUT2D eigenvalue weighted by Crippen LogP contribution is 2.41. The van der Waals surface area contributed by atoms with Crippen LogP contribution in [0.5, 0.6) is 0 Å². The van der Waals surface area contributed by atoms with Gasteiger partial charge in [0, 0.05) is 17.1 Å². The summed E-state index contributed by atoms with van der Waals surface area (Å²) in [5.41, 5.74) is 4.68. The molecule has 0 unspecified atom stereocenters. The normalized spacial score (nSPS) is 13.4. The Morgan fingerprint density at radius 3 is 1.51 bits per heavy atom. The zero-order valence-corrected chi connectivity index (χ0v) is 25.4. The zero-order chi connectivity index (χ0) is 38.4. The molecule has 0 N–H and O–H groups in total. The lowest BCUT2D eigenvalue weighted by Crippen LogP contribution is -2.09. The number of para-hydroxylation sites is 1. The van der Waals surface area contributed by atoms with E-state index in [1.807, 2.05) is 115 Å². The molecular weight excluding hydrogens is 567 g/mol. The highest BCUT2D eigenvalue weighted by molar-refractivity contribution is 6.04. The molecule has 0 saturated carbocycles. The van der Waals surface area contributed by atoms with Crippen LogP contribution in [0.2, 0.25) is 0 Å². The third kappa shape index (κ3) is 5.72. The third-order valence-corrected chi connectivity index (χ3v) is 8.21. The Labute approximate surface area is 287 Å². The van der Waals surface area contributed by atoms with Gasteiger partial charge in [-0.2, -0.15) is 0 Å². The molecule has 0 atom stereocenters. The van der Waals surface area contributed by atoms with Crippen molar-refractivity contribution in [2.75, 3.05) is 4.90 Å². The van der Waals surface area contributed by atoms with Crippen molar-refractivity contribution in [2.24, 2.45) is 0 Å². The number of hydrogen-bond acceptors (Lipinski definition) is 1. The van der Waals surface area contributed by atoms with Gasteiger partial charge in [0.05, 0.1) is 11.0 Å². The number of rotatable bonds is 7. The molecule has 8 rings (SSSR count). The zero-order valence-electron chi connectivity index (χ0n) is 33.4. The summed E-state index contributed by atoms with van der Waals surface area (Å²) in [5, 5.41) is 1.64. The topological polar surface area (TPSA) is 3.24 Å². The second-order valence-electron chi connectivity index (χ2n) is 11.1. The predicted molar refractivity (Wildman–Crippen MR) is 200 cm³/mol. The first kappa shape index (κ1) is 20.8. The van der Waals surface area contributed by atoms with Crippen LogP contribution < -0.4 is 4.90 Å². The van der Waals surface area contributed by atoms with Crippen molar-refractivity contribution >= 4 is 27.8 Å². The number of hydrogen-bond donors (Lipinski definition) is 0. The standard InChI is InChI=1S/C46H33N/c1-4-13-34(14-5-1)39-18-12-19-40(33-39)35-23-28-42(29-24-35)47(41-20-8-3-9-21-41)43-30-25-38(26-31-43)46-44-22-11-10-17-37(44)27-32-45(46)36-15-6-2-7-16-36/h1-33H/i23D,24D,25D,26D,28D,29D,30D,31D. The monoisotopic (exact) mass is 607 g/mol. The van der Waals surface area contributed by atoms with E-state index in [0.717, 1.165) is 33.0 Å². The largest absolute Gasteiger partial charge is 0.311 e. The quantitative estimate of drug-likeness (QED) is 0.174. The van der Waals surface area contributed by atoms with Gasteiger partial charge in [-0.3, -0.25) is 0 Å². The molecular formula is C46H33N. The van der Waals surface area contributed by atoms with Gasteiger partial charge in [0.2, 0.25) is 0 Å². The minimum absolute atomic E-state index is 0.115. The van der Waals surface area contributed by atoms with Crippen LogP contribution >= 0.6 is 0 Å². The van der Waals surface area contributed by atoms with E-state index in [1.165, 1.54) is 4.90 Å². The fourth-order valence-electron chi connectivity index (χ4n) is 5.94. The molecule has 1 heteroatoms. The first-order valence-electron chi connectivity index (χ1n) is 19.5. The summed E-state index contributed by atoms with van der Waals surface area (Å²) in [6, 6.07) is 44.1. The smallest absolute Gasteiger partial charge is 0.0645 e. The molecule has 222 valence electrons. The van der Waals surface area contributed by atoms with E-state index in [4.69, 9.17) is 0 Å². The van der Waals surface area contributed by atoms with E-state index in [-0.39, 0.29) is 70.8 Å². The van der Waals surface area contributed by atoms with Gasteiger partial charge in [-0.05, 0) is 97.6 Å².